The van der Waals surface area contributed by atoms with Crippen LogP contribution in [0.5, 0.6) is 0 Å². The highest BCUT2D eigenvalue weighted by atomic mass is 19.1. The fourth-order valence-corrected chi connectivity index (χ4v) is 2.01. The Labute approximate surface area is 106 Å². The summed E-state index contributed by atoms with van der Waals surface area (Å²) >= 11 is 0. The SMILES string of the molecule is Cc1nn(-c2ccc(F)cc2C(C)O)c(C)c1C. The van der Waals surface area contributed by atoms with Crippen molar-refractivity contribution in [2.24, 2.45) is 0 Å². The fourth-order valence-electron chi connectivity index (χ4n) is 2.01. The number of hydrogen-bond acceptors (Lipinski definition) is 2. The number of aromatic nitrogens is 2. The Morgan fingerprint density at radius 3 is 2.44 bits per heavy atom. The van der Waals surface area contributed by atoms with E-state index in [0.29, 0.717) is 5.56 Å². The van der Waals surface area contributed by atoms with E-state index in [1.165, 1.54) is 12.1 Å². The van der Waals surface area contributed by atoms with Crippen molar-refractivity contribution in [2.75, 3.05) is 0 Å². The number of aliphatic hydroxyl groups excluding tert-OH is 1. The van der Waals surface area contributed by atoms with E-state index >= 15 is 0 Å². The van der Waals surface area contributed by atoms with Crippen molar-refractivity contribution in [1.82, 2.24) is 9.78 Å². The van der Waals surface area contributed by atoms with Crippen molar-refractivity contribution in [2.45, 2.75) is 33.8 Å². The zero-order chi connectivity index (χ0) is 13.4. The topological polar surface area (TPSA) is 38.0 Å². The smallest absolute Gasteiger partial charge is 0.123 e. The molecule has 1 unspecified atom stereocenters. The molecule has 1 aromatic heterocycles. The first-order chi connectivity index (χ1) is 8.41. The largest absolute Gasteiger partial charge is 0.389 e. The Morgan fingerprint density at radius 1 is 1.28 bits per heavy atom. The van der Waals surface area contributed by atoms with Crippen molar-refractivity contribution in [3.63, 3.8) is 0 Å². The molecule has 4 heteroatoms. The highest BCUT2D eigenvalue weighted by Gasteiger charge is 2.15. The van der Waals surface area contributed by atoms with Crippen molar-refractivity contribution >= 4 is 0 Å². The third-order valence-electron chi connectivity index (χ3n) is 3.32. The van der Waals surface area contributed by atoms with Crippen LogP contribution in [0.1, 0.15) is 35.5 Å². The molecule has 0 fully saturated rings. The maximum absolute atomic E-state index is 13.3. The van der Waals surface area contributed by atoms with Crippen LogP contribution in [-0.4, -0.2) is 14.9 Å². The van der Waals surface area contributed by atoms with Gasteiger partial charge in [0.05, 0.1) is 17.5 Å². The number of halogens is 1. The summed E-state index contributed by atoms with van der Waals surface area (Å²) in [6.45, 7) is 7.52. The van der Waals surface area contributed by atoms with Gasteiger partial charge in [0, 0.05) is 11.3 Å². The lowest BCUT2D eigenvalue weighted by Crippen LogP contribution is -2.06. The molecule has 2 aromatic rings. The number of hydrogen-bond donors (Lipinski definition) is 1. The molecule has 2 rings (SSSR count). The molecule has 18 heavy (non-hydrogen) atoms. The minimum absolute atomic E-state index is 0.354. The van der Waals surface area contributed by atoms with Crippen LogP contribution < -0.4 is 0 Å². The molecular weight excluding hydrogens is 231 g/mol. The monoisotopic (exact) mass is 248 g/mol. The number of rotatable bonds is 2. The molecule has 0 saturated heterocycles. The summed E-state index contributed by atoms with van der Waals surface area (Å²) in [4.78, 5) is 0. The second-order valence-corrected chi connectivity index (χ2v) is 4.59. The molecule has 0 spiro atoms. The summed E-state index contributed by atoms with van der Waals surface area (Å²) in [5.41, 5.74) is 4.31. The molecule has 1 aromatic carbocycles. The summed E-state index contributed by atoms with van der Waals surface area (Å²) in [7, 11) is 0. The summed E-state index contributed by atoms with van der Waals surface area (Å²) in [6, 6.07) is 4.38. The minimum Gasteiger partial charge on any atom is -0.389 e. The molecule has 0 aliphatic heterocycles. The highest BCUT2D eigenvalue weighted by Crippen LogP contribution is 2.25. The van der Waals surface area contributed by atoms with Crippen LogP contribution in [0, 0.1) is 26.6 Å². The van der Waals surface area contributed by atoms with E-state index < -0.39 is 6.10 Å². The molecule has 96 valence electrons. The maximum Gasteiger partial charge on any atom is 0.123 e. The van der Waals surface area contributed by atoms with Gasteiger partial charge in [0.1, 0.15) is 5.82 Å². The van der Waals surface area contributed by atoms with E-state index in [4.69, 9.17) is 0 Å². The van der Waals surface area contributed by atoms with Gasteiger partial charge in [0.2, 0.25) is 0 Å². The predicted octanol–water partition coefficient (Wildman–Crippen LogP) is 2.99. The molecule has 1 atom stereocenters. The van der Waals surface area contributed by atoms with Crippen molar-refractivity contribution in [3.8, 4) is 5.69 Å². The normalized spacial score (nSPS) is 12.8. The van der Waals surface area contributed by atoms with Crippen LogP contribution in [0.4, 0.5) is 4.39 Å². The second kappa shape index (κ2) is 4.53. The molecule has 0 aliphatic carbocycles. The Morgan fingerprint density at radius 2 is 1.94 bits per heavy atom. The molecule has 0 saturated carbocycles. The molecule has 1 heterocycles. The minimum atomic E-state index is -0.736. The van der Waals surface area contributed by atoms with Crippen LogP contribution in [0.2, 0.25) is 0 Å². The van der Waals surface area contributed by atoms with Crippen LogP contribution in [0.25, 0.3) is 5.69 Å². The van der Waals surface area contributed by atoms with Crippen LogP contribution in [0.3, 0.4) is 0 Å². The van der Waals surface area contributed by atoms with Gasteiger partial charge in [0.15, 0.2) is 0 Å². The van der Waals surface area contributed by atoms with Gasteiger partial charge in [-0.2, -0.15) is 5.10 Å². The van der Waals surface area contributed by atoms with E-state index in [-0.39, 0.29) is 5.82 Å². The van der Waals surface area contributed by atoms with E-state index in [9.17, 15) is 9.50 Å². The Hall–Kier alpha value is -1.68. The quantitative estimate of drug-likeness (QED) is 0.887. The first kappa shape index (κ1) is 12.8. The summed E-state index contributed by atoms with van der Waals surface area (Å²) in [6.07, 6.45) is -0.736. The lowest BCUT2D eigenvalue weighted by molar-refractivity contribution is 0.198. The van der Waals surface area contributed by atoms with Gasteiger partial charge in [-0.3, -0.25) is 0 Å². The van der Waals surface area contributed by atoms with E-state index in [2.05, 4.69) is 5.10 Å². The maximum atomic E-state index is 13.3. The molecular formula is C14H17FN2O. The number of aryl methyl sites for hydroxylation is 1. The second-order valence-electron chi connectivity index (χ2n) is 4.59. The molecule has 0 bridgehead atoms. The third kappa shape index (κ3) is 2.04. The first-order valence-electron chi connectivity index (χ1n) is 5.92. The predicted molar refractivity (Wildman–Crippen MR) is 68.4 cm³/mol. The number of benzene rings is 1. The van der Waals surface area contributed by atoms with Crippen LogP contribution >= 0.6 is 0 Å². The first-order valence-corrected chi connectivity index (χ1v) is 5.92. The lowest BCUT2D eigenvalue weighted by Gasteiger charge is -2.13. The lowest BCUT2D eigenvalue weighted by atomic mass is 10.1. The molecule has 0 radical (unpaired) electrons. The average Bonchev–Trinajstić information content (AvgIpc) is 2.57. The van der Waals surface area contributed by atoms with Crippen LogP contribution in [-0.2, 0) is 0 Å². The van der Waals surface area contributed by atoms with Gasteiger partial charge in [-0.25, -0.2) is 9.07 Å². The standard InChI is InChI=1S/C14H17FN2O/c1-8-9(2)16-17(10(8)3)14-6-5-12(15)7-13(14)11(4)18/h5-7,11,18H,1-4H3. The molecule has 1 N–H and O–H groups in total. The fraction of sp³-hybridized carbons (Fsp3) is 0.357. The zero-order valence-corrected chi connectivity index (χ0v) is 11.0. The number of aliphatic hydroxyl groups is 1. The Kier molecular flexibility index (Phi) is 3.22. The Balaban J connectivity index is 2.67. The van der Waals surface area contributed by atoms with Crippen molar-refractivity contribution < 1.29 is 9.50 Å². The van der Waals surface area contributed by atoms with Crippen molar-refractivity contribution in [3.05, 3.63) is 46.5 Å². The van der Waals surface area contributed by atoms with Gasteiger partial charge in [0.25, 0.3) is 0 Å². The number of nitrogens with zero attached hydrogens (tertiary/aromatic N) is 2. The highest BCUT2D eigenvalue weighted by molar-refractivity contribution is 5.44. The van der Waals surface area contributed by atoms with Gasteiger partial charge in [-0.15, -0.1) is 0 Å². The van der Waals surface area contributed by atoms with Gasteiger partial charge >= 0.3 is 0 Å². The zero-order valence-electron chi connectivity index (χ0n) is 11.0. The van der Waals surface area contributed by atoms with Crippen molar-refractivity contribution in [1.29, 1.82) is 0 Å². The molecule has 0 amide bonds. The summed E-state index contributed by atoms with van der Waals surface area (Å²) in [5, 5.41) is 14.2. The average molecular weight is 248 g/mol. The summed E-state index contributed by atoms with van der Waals surface area (Å²) in [5.74, 6) is -0.354. The van der Waals surface area contributed by atoms with Gasteiger partial charge in [-0.1, -0.05) is 0 Å². The van der Waals surface area contributed by atoms with Gasteiger partial charge < -0.3 is 5.11 Å². The van der Waals surface area contributed by atoms with E-state index in [1.54, 1.807) is 17.7 Å². The summed E-state index contributed by atoms with van der Waals surface area (Å²) < 4.78 is 15.0. The third-order valence-corrected chi connectivity index (χ3v) is 3.32. The molecule has 3 nitrogen and oxygen atoms in total. The van der Waals surface area contributed by atoms with Crippen LogP contribution in [0.15, 0.2) is 18.2 Å². The van der Waals surface area contributed by atoms with E-state index in [1.807, 2.05) is 20.8 Å². The Bertz CT molecular complexity index is 588. The molecule has 0 aliphatic rings. The van der Waals surface area contributed by atoms with E-state index in [0.717, 1.165) is 22.6 Å². The van der Waals surface area contributed by atoms with Gasteiger partial charge in [-0.05, 0) is 51.5 Å².